The van der Waals surface area contributed by atoms with Crippen LogP contribution in [0.1, 0.15) is 45.6 Å². The van der Waals surface area contributed by atoms with Crippen LogP contribution in [0.15, 0.2) is 17.2 Å². The number of nitrogens with one attached hydrogen (secondary N) is 2. The van der Waals surface area contributed by atoms with Gasteiger partial charge in [0.15, 0.2) is 16.6 Å². The van der Waals surface area contributed by atoms with Gasteiger partial charge in [-0.3, -0.25) is 5.43 Å². The first-order valence-corrected chi connectivity index (χ1v) is 9.58. The minimum absolute atomic E-state index is 0.335. The number of rotatable bonds is 6. The molecule has 0 saturated heterocycles. The molecule has 2 N–H and O–H groups in total. The van der Waals surface area contributed by atoms with Crippen LogP contribution in [0.5, 0.6) is 17.2 Å². The van der Waals surface area contributed by atoms with Crippen LogP contribution in [-0.2, 0) is 0 Å². The summed E-state index contributed by atoms with van der Waals surface area (Å²) in [7, 11) is 4.78. The summed E-state index contributed by atoms with van der Waals surface area (Å²) < 4.78 is 16.0. The van der Waals surface area contributed by atoms with Gasteiger partial charge in [-0.15, -0.1) is 0 Å². The zero-order chi connectivity index (χ0) is 20.0. The average Bonchev–Trinajstić information content (AvgIpc) is 2.59. The number of hydrogen-bond donors (Lipinski definition) is 2. The van der Waals surface area contributed by atoms with E-state index in [9.17, 15) is 0 Å². The van der Waals surface area contributed by atoms with E-state index >= 15 is 0 Å². The molecule has 2 atom stereocenters. The highest BCUT2D eigenvalue weighted by atomic mass is 32.1. The molecular weight excluding hydrogens is 362 g/mol. The Morgan fingerprint density at radius 2 is 1.74 bits per heavy atom. The molecule has 0 heterocycles. The van der Waals surface area contributed by atoms with E-state index in [0.717, 1.165) is 18.4 Å². The zero-order valence-electron chi connectivity index (χ0n) is 17.1. The van der Waals surface area contributed by atoms with Crippen molar-refractivity contribution < 1.29 is 14.2 Å². The lowest BCUT2D eigenvalue weighted by Crippen LogP contribution is -2.45. The Hall–Kier alpha value is -2.02. The summed E-state index contributed by atoms with van der Waals surface area (Å²) in [5.41, 5.74) is 4.00. The van der Waals surface area contributed by atoms with Crippen molar-refractivity contribution in [3.05, 3.63) is 17.7 Å². The van der Waals surface area contributed by atoms with Gasteiger partial charge in [0.2, 0.25) is 0 Å². The molecule has 1 aromatic rings. The van der Waals surface area contributed by atoms with E-state index in [1.54, 1.807) is 33.6 Å². The SMILES string of the molecule is COc1cc(OC)c(OC)cc1/C=N\NC(=S)N[C@H]1C[C@@H](C)CC(C)(C)C1. The van der Waals surface area contributed by atoms with Crippen molar-refractivity contribution in [2.45, 2.75) is 46.1 Å². The molecule has 2 rings (SSSR count). The predicted molar refractivity (Wildman–Crippen MR) is 113 cm³/mol. The maximum absolute atomic E-state index is 5.40. The van der Waals surface area contributed by atoms with E-state index in [0.29, 0.717) is 39.7 Å². The lowest BCUT2D eigenvalue weighted by molar-refractivity contribution is 0.161. The molecule has 1 aliphatic rings. The quantitative estimate of drug-likeness (QED) is 0.436. The molecule has 1 saturated carbocycles. The second-order valence-electron chi connectivity index (χ2n) is 7.90. The standard InChI is InChI=1S/C20H31N3O3S/c1-13-7-15(11-20(2,3)10-13)22-19(27)23-21-12-14-8-17(25-5)18(26-6)9-16(14)24-4/h8-9,12-13,15H,7,10-11H2,1-6H3,(H2,22,23,27)/b21-12-/t13-,15+/m1/s1. The van der Waals surface area contributed by atoms with Gasteiger partial charge >= 0.3 is 0 Å². The van der Waals surface area contributed by atoms with Crippen LogP contribution < -0.4 is 25.0 Å². The first-order valence-electron chi connectivity index (χ1n) is 9.17. The molecule has 0 aliphatic heterocycles. The molecule has 0 bridgehead atoms. The fourth-order valence-corrected chi connectivity index (χ4v) is 4.21. The van der Waals surface area contributed by atoms with Gasteiger partial charge in [-0.25, -0.2) is 0 Å². The Morgan fingerprint density at radius 1 is 1.11 bits per heavy atom. The maximum atomic E-state index is 5.40. The fourth-order valence-electron chi connectivity index (χ4n) is 3.99. The van der Waals surface area contributed by atoms with Crippen molar-refractivity contribution in [2.75, 3.05) is 21.3 Å². The third-order valence-electron chi connectivity index (χ3n) is 4.83. The first kappa shape index (κ1) is 21.3. The van der Waals surface area contributed by atoms with Gasteiger partial charge in [-0.1, -0.05) is 20.8 Å². The van der Waals surface area contributed by atoms with Crippen molar-refractivity contribution >= 4 is 23.5 Å². The number of nitrogens with zero attached hydrogens (tertiary/aromatic N) is 1. The summed E-state index contributed by atoms with van der Waals surface area (Å²) in [6, 6.07) is 3.95. The molecular formula is C20H31N3O3S. The topological polar surface area (TPSA) is 64.1 Å². The van der Waals surface area contributed by atoms with Crippen LogP contribution in [0.4, 0.5) is 0 Å². The molecule has 150 valence electrons. The minimum atomic E-state index is 0.335. The van der Waals surface area contributed by atoms with Crippen LogP contribution in [0.2, 0.25) is 0 Å². The molecule has 1 fully saturated rings. The monoisotopic (exact) mass is 393 g/mol. The van der Waals surface area contributed by atoms with E-state index in [4.69, 9.17) is 26.4 Å². The highest BCUT2D eigenvalue weighted by Crippen LogP contribution is 2.38. The smallest absolute Gasteiger partial charge is 0.187 e. The molecule has 27 heavy (non-hydrogen) atoms. The highest BCUT2D eigenvalue weighted by molar-refractivity contribution is 7.80. The average molecular weight is 394 g/mol. The Bertz CT molecular complexity index is 691. The molecule has 0 spiro atoms. The van der Waals surface area contributed by atoms with E-state index in [-0.39, 0.29) is 0 Å². The van der Waals surface area contributed by atoms with E-state index < -0.39 is 0 Å². The van der Waals surface area contributed by atoms with Crippen LogP contribution in [-0.4, -0.2) is 38.7 Å². The summed E-state index contributed by atoms with van der Waals surface area (Å²) in [6.07, 6.45) is 5.13. The number of methoxy groups -OCH3 is 3. The first-order chi connectivity index (χ1) is 12.8. The Morgan fingerprint density at radius 3 is 2.33 bits per heavy atom. The van der Waals surface area contributed by atoms with Gasteiger partial charge in [0.25, 0.3) is 0 Å². The van der Waals surface area contributed by atoms with Crippen molar-refractivity contribution in [3.63, 3.8) is 0 Å². The summed E-state index contributed by atoms with van der Waals surface area (Å²) in [4.78, 5) is 0. The second kappa shape index (κ2) is 9.26. The second-order valence-corrected chi connectivity index (χ2v) is 8.31. The Labute approximate surface area is 167 Å². The molecule has 6 nitrogen and oxygen atoms in total. The number of ether oxygens (including phenoxy) is 3. The molecule has 1 aliphatic carbocycles. The Kier molecular flexibility index (Phi) is 7.30. The highest BCUT2D eigenvalue weighted by Gasteiger charge is 2.32. The van der Waals surface area contributed by atoms with Crippen molar-refractivity contribution in [1.29, 1.82) is 0 Å². The number of hydrazone groups is 1. The Balaban J connectivity index is 1.99. The summed E-state index contributed by atoms with van der Waals surface area (Å²) in [6.45, 7) is 6.93. The van der Waals surface area contributed by atoms with Crippen molar-refractivity contribution in [2.24, 2.45) is 16.4 Å². The zero-order valence-corrected chi connectivity index (χ0v) is 17.9. The lowest BCUT2D eigenvalue weighted by atomic mass is 9.71. The van der Waals surface area contributed by atoms with E-state index in [1.165, 1.54) is 6.42 Å². The van der Waals surface area contributed by atoms with Crippen LogP contribution >= 0.6 is 12.2 Å². The largest absolute Gasteiger partial charge is 0.496 e. The van der Waals surface area contributed by atoms with Crippen LogP contribution in [0.25, 0.3) is 0 Å². The predicted octanol–water partition coefficient (Wildman–Crippen LogP) is 3.73. The summed E-state index contributed by atoms with van der Waals surface area (Å²) in [5, 5.41) is 8.17. The molecule has 0 aromatic heterocycles. The molecule has 7 heteroatoms. The van der Waals surface area contributed by atoms with Gasteiger partial charge in [0, 0.05) is 17.7 Å². The number of thiocarbonyl (C=S) groups is 1. The normalized spacial score (nSPS) is 21.6. The van der Waals surface area contributed by atoms with Gasteiger partial charge in [-0.2, -0.15) is 5.10 Å². The van der Waals surface area contributed by atoms with Gasteiger partial charge < -0.3 is 19.5 Å². The fraction of sp³-hybridized carbons (Fsp3) is 0.600. The molecule has 1 aromatic carbocycles. The number of hydrogen-bond acceptors (Lipinski definition) is 5. The van der Waals surface area contributed by atoms with Gasteiger partial charge in [0.05, 0.1) is 27.5 Å². The molecule has 0 unspecified atom stereocenters. The van der Waals surface area contributed by atoms with Gasteiger partial charge in [-0.05, 0) is 48.9 Å². The summed E-state index contributed by atoms with van der Waals surface area (Å²) in [5.74, 6) is 2.54. The molecule has 0 radical (unpaired) electrons. The van der Waals surface area contributed by atoms with Crippen LogP contribution in [0, 0.1) is 11.3 Å². The third kappa shape index (κ3) is 5.99. The van der Waals surface area contributed by atoms with E-state index in [1.807, 2.05) is 6.07 Å². The summed E-state index contributed by atoms with van der Waals surface area (Å²) >= 11 is 5.40. The third-order valence-corrected chi connectivity index (χ3v) is 5.04. The van der Waals surface area contributed by atoms with E-state index in [2.05, 4.69) is 36.6 Å². The lowest BCUT2D eigenvalue weighted by Gasteiger charge is -2.39. The van der Waals surface area contributed by atoms with Crippen LogP contribution in [0.3, 0.4) is 0 Å². The minimum Gasteiger partial charge on any atom is -0.496 e. The molecule has 0 amide bonds. The van der Waals surface area contributed by atoms with Crippen molar-refractivity contribution in [3.8, 4) is 17.2 Å². The van der Waals surface area contributed by atoms with Crippen molar-refractivity contribution in [1.82, 2.24) is 10.7 Å². The van der Waals surface area contributed by atoms with Gasteiger partial charge in [0.1, 0.15) is 5.75 Å². The maximum Gasteiger partial charge on any atom is 0.187 e. The number of benzene rings is 1.